The third-order valence-corrected chi connectivity index (χ3v) is 7.55. The van der Waals surface area contributed by atoms with E-state index in [-0.39, 0.29) is 29.8 Å². The highest BCUT2D eigenvalue weighted by molar-refractivity contribution is 6.09. The van der Waals surface area contributed by atoms with Crippen LogP contribution >= 0.6 is 0 Å². The number of benzene rings is 1. The lowest BCUT2D eigenvalue weighted by molar-refractivity contribution is -0.124. The minimum absolute atomic E-state index is 0.0126. The number of aromatic amines is 1. The predicted octanol–water partition coefficient (Wildman–Crippen LogP) is 3.43. The molecule has 3 unspecified atom stereocenters. The zero-order chi connectivity index (χ0) is 26.1. The van der Waals surface area contributed by atoms with E-state index in [1.54, 1.807) is 0 Å². The van der Waals surface area contributed by atoms with Gasteiger partial charge in [-0.15, -0.1) is 0 Å². The third-order valence-electron chi connectivity index (χ3n) is 7.55. The second-order valence-corrected chi connectivity index (χ2v) is 10.6. The number of nitrogens with zero attached hydrogens (tertiary/aromatic N) is 2. The molecule has 196 valence electrons. The number of hydrogen-bond acceptors (Lipinski definition) is 6. The number of nitrogens with one attached hydrogen (secondary N) is 3. The standard InChI is InChI=1S/C28H35N5O4/c1-15-4-9-22(37-13-18-5-6-18)20(10-15)25-27-26(30-14-29-25)24(17(3)31-27)28(36)33-21-8-7-19(11-16(21)2)32-23(35)12-34/h4,9-10,14,16,18-19,21,31,34H,5-8,11-13H2,1-3H3,(H,32,35)(H,33,36). The topological polar surface area (TPSA) is 129 Å². The number of aliphatic hydroxyl groups excluding tert-OH is 1. The number of carbonyl (C=O) groups is 2. The zero-order valence-corrected chi connectivity index (χ0v) is 21.6. The first kappa shape index (κ1) is 25.2. The normalized spacial score (nSPS) is 21.6. The van der Waals surface area contributed by atoms with Crippen molar-refractivity contribution in [3.05, 3.63) is 41.3 Å². The van der Waals surface area contributed by atoms with Crippen molar-refractivity contribution < 1.29 is 19.4 Å². The van der Waals surface area contributed by atoms with Gasteiger partial charge < -0.3 is 25.5 Å². The molecule has 9 nitrogen and oxygen atoms in total. The maximum atomic E-state index is 13.5. The lowest BCUT2D eigenvalue weighted by Crippen LogP contribution is -2.48. The van der Waals surface area contributed by atoms with Crippen LogP contribution in [-0.4, -0.2) is 57.2 Å². The molecular weight excluding hydrogens is 470 g/mol. The monoisotopic (exact) mass is 505 g/mol. The van der Waals surface area contributed by atoms with Crippen LogP contribution in [0.4, 0.5) is 0 Å². The highest BCUT2D eigenvalue weighted by Crippen LogP contribution is 2.37. The third kappa shape index (κ3) is 5.46. The van der Waals surface area contributed by atoms with Gasteiger partial charge in [-0.05, 0) is 69.9 Å². The summed E-state index contributed by atoms with van der Waals surface area (Å²) in [4.78, 5) is 37.5. The molecule has 2 aliphatic rings. The maximum Gasteiger partial charge on any atom is 0.255 e. The van der Waals surface area contributed by atoms with Crippen LogP contribution in [0.5, 0.6) is 5.75 Å². The summed E-state index contributed by atoms with van der Waals surface area (Å²) in [6, 6.07) is 6.09. The quantitative estimate of drug-likeness (QED) is 0.371. The molecule has 2 saturated carbocycles. The molecule has 0 spiro atoms. The first-order valence-electron chi connectivity index (χ1n) is 13.1. The van der Waals surface area contributed by atoms with E-state index in [9.17, 15) is 9.59 Å². The molecule has 0 bridgehead atoms. The van der Waals surface area contributed by atoms with E-state index in [1.165, 1.54) is 19.2 Å². The number of rotatable bonds is 8. The summed E-state index contributed by atoms with van der Waals surface area (Å²) in [6.07, 6.45) is 6.17. The molecule has 2 aromatic heterocycles. The average Bonchev–Trinajstić information content (AvgIpc) is 3.64. The van der Waals surface area contributed by atoms with Crippen molar-refractivity contribution in [2.75, 3.05) is 13.2 Å². The number of fused-ring (bicyclic) bond motifs is 1. The second-order valence-electron chi connectivity index (χ2n) is 10.6. The van der Waals surface area contributed by atoms with Gasteiger partial charge in [-0.1, -0.05) is 18.6 Å². The van der Waals surface area contributed by atoms with Gasteiger partial charge in [0.15, 0.2) is 0 Å². The van der Waals surface area contributed by atoms with Crippen molar-refractivity contribution in [3.8, 4) is 17.0 Å². The van der Waals surface area contributed by atoms with Gasteiger partial charge in [-0.3, -0.25) is 9.59 Å². The Hall–Kier alpha value is -3.46. The van der Waals surface area contributed by atoms with Gasteiger partial charge in [0.1, 0.15) is 29.9 Å². The molecule has 2 heterocycles. The lowest BCUT2D eigenvalue weighted by Gasteiger charge is -2.35. The van der Waals surface area contributed by atoms with Crippen LogP contribution in [0.25, 0.3) is 22.3 Å². The summed E-state index contributed by atoms with van der Waals surface area (Å²) >= 11 is 0. The van der Waals surface area contributed by atoms with Crippen LogP contribution in [0.3, 0.4) is 0 Å². The van der Waals surface area contributed by atoms with Gasteiger partial charge >= 0.3 is 0 Å². The summed E-state index contributed by atoms with van der Waals surface area (Å²) in [6.45, 7) is 6.19. The Balaban J connectivity index is 1.39. The second kappa shape index (κ2) is 10.5. The Kier molecular flexibility index (Phi) is 7.15. The van der Waals surface area contributed by atoms with Crippen molar-refractivity contribution in [1.82, 2.24) is 25.6 Å². The van der Waals surface area contributed by atoms with Crippen molar-refractivity contribution in [2.24, 2.45) is 11.8 Å². The average molecular weight is 506 g/mol. The fourth-order valence-corrected chi connectivity index (χ4v) is 5.31. The van der Waals surface area contributed by atoms with E-state index in [0.717, 1.165) is 53.0 Å². The molecule has 3 atom stereocenters. The first-order valence-corrected chi connectivity index (χ1v) is 13.1. The molecule has 1 aromatic carbocycles. The number of aryl methyl sites for hydroxylation is 2. The van der Waals surface area contributed by atoms with Crippen LogP contribution in [0.1, 0.15) is 60.6 Å². The summed E-state index contributed by atoms with van der Waals surface area (Å²) < 4.78 is 6.16. The molecule has 4 N–H and O–H groups in total. The fraction of sp³-hybridized carbons (Fsp3) is 0.500. The molecule has 0 aliphatic heterocycles. The highest BCUT2D eigenvalue weighted by Gasteiger charge is 2.31. The minimum Gasteiger partial charge on any atom is -0.493 e. The summed E-state index contributed by atoms with van der Waals surface area (Å²) in [5.41, 5.74) is 5.27. The Labute approximate surface area is 216 Å². The number of ether oxygens (including phenoxy) is 1. The molecule has 0 saturated heterocycles. The molecule has 5 rings (SSSR count). The van der Waals surface area contributed by atoms with Crippen LogP contribution in [-0.2, 0) is 4.79 Å². The fourth-order valence-electron chi connectivity index (χ4n) is 5.31. The number of carbonyl (C=O) groups excluding carboxylic acids is 2. The first-order chi connectivity index (χ1) is 17.8. The Morgan fingerprint density at radius 1 is 1.14 bits per heavy atom. The number of aromatic nitrogens is 3. The van der Waals surface area contributed by atoms with Crippen molar-refractivity contribution in [2.45, 2.75) is 65.0 Å². The van der Waals surface area contributed by atoms with E-state index in [0.29, 0.717) is 23.6 Å². The van der Waals surface area contributed by atoms with E-state index in [1.807, 2.05) is 26.0 Å². The van der Waals surface area contributed by atoms with Crippen molar-refractivity contribution in [1.29, 1.82) is 0 Å². The number of hydrogen-bond donors (Lipinski definition) is 4. The zero-order valence-electron chi connectivity index (χ0n) is 21.6. The SMILES string of the molecule is Cc1ccc(OCC2CC2)c(-c2ncnc3c(C(=O)NC4CCC(NC(=O)CO)CC4C)c(C)[nH]c23)c1. The van der Waals surface area contributed by atoms with Crippen LogP contribution in [0.2, 0.25) is 0 Å². The molecule has 2 fully saturated rings. The summed E-state index contributed by atoms with van der Waals surface area (Å²) in [5.74, 6) is 1.06. The summed E-state index contributed by atoms with van der Waals surface area (Å²) in [5, 5.41) is 15.1. The van der Waals surface area contributed by atoms with Gasteiger partial charge in [0.05, 0.1) is 17.7 Å². The van der Waals surface area contributed by atoms with E-state index >= 15 is 0 Å². The lowest BCUT2D eigenvalue weighted by atomic mass is 9.82. The van der Waals surface area contributed by atoms with Gasteiger partial charge in [0.25, 0.3) is 5.91 Å². The van der Waals surface area contributed by atoms with E-state index in [2.05, 4.69) is 38.6 Å². The molecule has 3 aromatic rings. The van der Waals surface area contributed by atoms with Crippen molar-refractivity contribution >= 4 is 22.8 Å². The van der Waals surface area contributed by atoms with Gasteiger partial charge in [-0.25, -0.2) is 9.97 Å². The molecule has 0 radical (unpaired) electrons. The molecule has 9 heteroatoms. The molecule has 2 amide bonds. The predicted molar refractivity (Wildman–Crippen MR) is 140 cm³/mol. The number of amides is 2. The van der Waals surface area contributed by atoms with Crippen LogP contribution < -0.4 is 15.4 Å². The number of aliphatic hydroxyl groups is 1. The Morgan fingerprint density at radius 2 is 1.95 bits per heavy atom. The van der Waals surface area contributed by atoms with Crippen LogP contribution in [0, 0.1) is 25.7 Å². The van der Waals surface area contributed by atoms with Crippen LogP contribution in [0.15, 0.2) is 24.5 Å². The smallest absolute Gasteiger partial charge is 0.255 e. The Bertz CT molecular complexity index is 1320. The molecular formula is C28H35N5O4. The number of H-pyrrole nitrogens is 1. The van der Waals surface area contributed by atoms with Crippen molar-refractivity contribution in [3.63, 3.8) is 0 Å². The molecule has 2 aliphatic carbocycles. The summed E-state index contributed by atoms with van der Waals surface area (Å²) in [7, 11) is 0. The van der Waals surface area contributed by atoms with Gasteiger partial charge in [0.2, 0.25) is 5.91 Å². The minimum atomic E-state index is -0.509. The molecule has 37 heavy (non-hydrogen) atoms. The maximum absolute atomic E-state index is 13.5. The van der Waals surface area contributed by atoms with Gasteiger partial charge in [-0.2, -0.15) is 0 Å². The largest absolute Gasteiger partial charge is 0.493 e. The van der Waals surface area contributed by atoms with E-state index < -0.39 is 6.61 Å². The Morgan fingerprint density at radius 3 is 2.68 bits per heavy atom. The highest BCUT2D eigenvalue weighted by atomic mass is 16.5. The van der Waals surface area contributed by atoms with Gasteiger partial charge in [0, 0.05) is 23.3 Å². The van der Waals surface area contributed by atoms with E-state index in [4.69, 9.17) is 9.84 Å².